The van der Waals surface area contributed by atoms with Crippen LogP contribution >= 0.6 is 11.6 Å². The van der Waals surface area contributed by atoms with Crippen LogP contribution in [-0.4, -0.2) is 28.5 Å². The first kappa shape index (κ1) is 17.1. The monoisotopic (exact) mass is 369 g/mol. The molecule has 0 spiro atoms. The van der Waals surface area contributed by atoms with Gasteiger partial charge < -0.3 is 9.15 Å². The Hall–Kier alpha value is -2.37. The Morgan fingerprint density at radius 1 is 1.27 bits per heavy atom. The van der Waals surface area contributed by atoms with Crippen molar-refractivity contribution in [1.29, 1.82) is 0 Å². The Balaban J connectivity index is 1.47. The zero-order valence-corrected chi connectivity index (χ0v) is 15.6. The van der Waals surface area contributed by atoms with Crippen molar-refractivity contribution in [2.45, 2.75) is 26.4 Å². The van der Waals surface area contributed by atoms with Gasteiger partial charge in [0.1, 0.15) is 23.1 Å². The maximum Gasteiger partial charge on any atom is 0.137 e. The Bertz CT molecular complexity index is 939. The number of hydrogen-bond donors (Lipinski definition) is 0. The lowest BCUT2D eigenvalue weighted by atomic mass is 10.1. The molecule has 4 rings (SSSR count). The molecular formula is C20H20ClN3O2. The second-order valence-electron chi connectivity index (χ2n) is 6.47. The first-order chi connectivity index (χ1) is 12.6. The highest BCUT2D eigenvalue weighted by atomic mass is 35.5. The van der Waals surface area contributed by atoms with Crippen molar-refractivity contribution in [2.75, 3.05) is 13.7 Å². The zero-order chi connectivity index (χ0) is 18.1. The molecule has 2 aromatic heterocycles. The second-order valence-corrected chi connectivity index (χ2v) is 6.87. The number of aromatic nitrogens is 2. The number of furan rings is 1. The lowest BCUT2D eigenvalue weighted by Crippen LogP contribution is -2.30. The van der Waals surface area contributed by atoms with Crippen molar-refractivity contribution in [2.24, 2.45) is 0 Å². The van der Waals surface area contributed by atoms with Gasteiger partial charge in [0.2, 0.25) is 0 Å². The van der Waals surface area contributed by atoms with E-state index in [1.807, 2.05) is 43.5 Å². The molecule has 0 aliphatic carbocycles. The van der Waals surface area contributed by atoms with Crippen LogP contribution in [0.2, 0.25) is 5.02 Å². The van der Waals surface area contributed by atoms with Crippen molar-refractivity contribution in [1.82, 2.24) is 14.9 Å². The number of benzene rings is 1. The molecule has 3 heterocycles. The molecule has 0 fully saturated rings. The standard InChI is InChI=1S/C20H20ClN3O2/c1-13-22-10-15-11-24(8-7-18(15)23-13)12-16-4-6-19(26-16)14-3-5-20(25-2)17(21)9-14/h3-6,9-10H,7-8,11-12H2,1-2H3. The van der Waals surface area contributed by atoms with E-state index in [0.717, 1.165) is 49.0 Å². The van der Waals surface area contributed by atoms with Gasteiger partial charge in [-0.05, 0) is 37.3 Å². The molecular weight excluding hydrogens is 350 g/mol. The molecule has 5 nitrogen and oxygen atoms in total. The summed E-state index contributed by atoms with van der Waals surface area (Å²) in [6.45, 7) is 4.51. The van der Waals surface area contributed by atoms with Gasteiger partial charge in [-0.2, -0.15) is 0 Å². The molecule has 1 aliphatic rings. The van der Waals surface area contributed by atoms with Gasteiger partial charge >= 0.3 is 0 Å². The number of fused-ring (bicyclic) bond motifs is 1. The highest BCUT2D eigenvalue weighted by Gasteiger charge is 2.19. The predicted molar refractivity (Wildman–Crippen MR) is 100 cm³/mol. The molecule has 0 N–H and O–H groups in total. The van der Waals surface area contributed by atoms with E-state index in [-0.39, 0.29) is 0 Å². The Morgan fingerprint density at radius 3 is 2.96 bits per heavy atom. The molecule has 0 bridgehead atoms. The first-order valence-electron chi connectivity index (χ1n) is 8.59. The lowest BCUT2D eigenvalue weighted by Gasteiger charge is -2.27. The summed E-state index contributed by atoms with van der Waals surface area (Å²) in [6.07, 6.45) is 2.89. The number of nitrogens with zero attached hydrogens (tertiary/aromatic N) is 3. The van der Waals surface area contributed by atoms with E-state index in [2.05, 4.69) is 14.9 Å². The van der Waals surface area contributed by atoms with Crippen LogP contribution in [-0.2, 0) is 19.5 Å². The number of halogens is 1. The Labute approximate surface area is 157 Å². The number of ether oxygens (including phenoxy) is 1. The van der Waals surface area contributed by atoms with Gasteiger partial charge in [0.15, 0.2) is 0 Å². The number of aryl methyl sites for hydroxylation is 1. The third kappa shape index (κ3) is 3.45. The van der Waals surface area contributed by atoms with Crippen LogP contribution in [0.15, 0.2) is 40.9 Å². The van der Waals surface area contributed by atoms with Crippen molar-refractivity contribution in [3.05, 3.63) is 64.4 Å². The summed E-state index contributed by atoms with van der Waals surface area (Å²) < 4.78 is 11.2. The van der Waals surface area contributed by atoms with Gasteiger partial charge in [-0.3, -0.25) is 4.90 Å². The first-order valence-corrected chi connectivity index (χ1v) is 8.96. The summed E-state index contributed by atoms with van der Waals surface area (Å²) in [7, 11) is 1.61. The average Bonchev–Trinajstić information content (AvgIpc) is 3.10. The minimum atomic E-state index is 0.575. The van der Waals surface area contributed by atoms with Gasteiger partial charge in [-0.1, -0.05) is 11.6 Å². The van der Waals surface area contributed by atoms with Gasteiger partial charge in [-0.15, -0.1) is 0 Å². The van der Waals surface area contributed by atoms with Crippen molar-refractivity contribution >= 4 is 11.6 Å². The third-order valence-corrected chi connectivity index (χ3v) is 4.91. The van der Waals surface area contributed by atoms with Crippen LogP contribution in [0, 0.1) is 6.92 Å². The van der Waals surface area contributed by atoms with Crippen LogP contribution in [0.3, 0.4) is 0 Å². The number of rotatable bonds is 4. The summed E-state index contributed by atoms with van der Waals surface area (Å²) in [5.74, 6) is 3.24. The van der Waals surface area contributed by atoms with E-state index >= 15 is 0 Å². The molecule has 0 amide bonds. The molecule has 0 saturated heterocycles. The maximum absolute atomic E-state index is 6.21. The van der Waals surface area contributed by atoms with Crippen molar-refractivity contribution < 1.29 is 9.15 Å². The highest BCUT2D eigenvalue weighted by molar-refractivity contribution is 6.32. The maximum atomic E-state index is 6.21. The number of methoxy groups -OCH3 is 1. The Kier molecular flexibility index (Phi) is 4.66. The molecule has 0 atom stereocenters. The normalized spacial score (nSPS) is 14.3. The zero-order valence-electron chi connectivity index (χ0n) is 14.8. The summed E-state index contributed by atoms with van der Waals surface area (Å²) in [4.78, 5) is 11.2. The van der Waals surface area contributed by atoms with Crippen molar-refractivity contribution in [3.63, 3.8) is 0 Å². The van der Waals surface area contributed by atoms with Gasteiger partial charge in [0, 0.05) is 42.5 Å². The third-order valence-electron chi connectivity index (χ3n) is 4.61. The predicted octanol–water partition coefficient (Wildman–Crippen LogP) is 4.27. The molecule has 0 unspecified atom stereocenters. The Morgan fingerprint density at radius 2 is 2.15 bits per heavy atom. The lowest BCUT2D eigenvalue weighted by molar-refractivity contribution is 0.224. The van der Waals surface area contributed by atoms with Crippen molar-refractivity contribution in [3.8, 4) is 17.1 Å². The number of hydrogen-bond acceptors (Lipinski definition) is 5. The second kappa shape index (κ2) is 7.09. The van der Waals surface area contributed by atoms with Crippen LogP contribution in [0.25, 0.3) is 11.3 Å². The molecule has 0 saturated carbocycles. The average molecular weight is 370 g/mol. The van der Waals surface area contributed by atoms with Gasteiger partial charge in [-0.25, -0.2) is 9.97 Å². The quantitative estimate of drug-likeness (QED) is 0.687. The molecule has 0 radical (unpaired) electrons. The SMILES string of the molecule is COc1ccc(-c2ccc(CN3CCc4nc(C)ncc4C3)o2)cc1Cl. The largest absolute Gasteiger partial charge is 0.495 e. The smallest absolute Gasteiger partial charge is 0.137 e. The molecule has 134 valence electrons. The summed E-state index contributed by atoms with van der Waals surface area (Å²) >= 11 is 6.21. The van der Waals surface area contributed by atoms with E-state index < -0.39 is 0 Å². The summed E-state index contributed by atoms with van der Waals surface area (Å²) in [6, 6.07) is 9.67. The van der Waals surface area contributed by atoms with Crippen LogP contribution < -0.4 is 4.74 Å². The van der Waals surface area contributed by atoms with Crippen LogP contribution in [0.5, 0.6) is 5.75 Å². The fourth-order valence-electron chi connectivity index (χ4n) is 3.27. The highest BCUT2D eigenvalue weighted by Crippen LogP contribution is 2.31. The van der Waals surface area contributed by atoms with Gasteiger partial charge in [0.25, 0.3) is 0 Å². The van der Waals surface area contributed by atoms with E-state index in [4.69, 9.17) is 20.8 Å². The van der Waals surface area contributed by atoms with E-state index in [0.29, 0.717) is 10.8 Å². The van der Waals surface area contributed by atoms with E-state index in [1.165, 1.54) is 11.3 Å². The topological polar surface area (TPSA) is 51.4 Å². The fourth-order valence-corrected chi connectivity index (χ4v) is 3.53. The van der Waals surface area contributed by atoms with E-state index in [1.54, 1.807) is 7.11 Å². The fraction of sp³-hybridized carbons (Fsp3) is 0.300. The minimum Gasteiger partial charge on any atom is -0.495 e. The summed E-state index contributed by atoms with van der Waals surface area (Å²) in [5, 5.41) is 0.575. The van der Waals surface area contributed by atoms with Crippen LogP contribution in [0.1, 0.15) is 22.8 Å². The van der Waals surface area contributed by atoms with E-state index in [9.17, 15) is 0 Å². The molecule has 26 heavy (non-hydrogen) atoms. The molecule has 6 heteroatoms. The summed E-state index contributed by atoms with van der Waals surface area (Å²) in [5.41, 5.74) is 3.31. The van der Waals surface area contributed by atoms with Crippen LogP contribution in [0.4, 0.5) is 0 Å². The minimum absolute atomic E-state index is 0.575. The van der Waals surface area contributed by atoms with Gasteiger partial charge in [0.05, 0.1) is 18.7 Å². The molecule has 1 aliphatic heterocycles. The molecule has 3 aromatic rings. The molecule has 1 aromatic carbocycles.